The number of amides is 1. The summed E-state index contributed by atoms with van der Waals surface area (Å²) >= 11 is 0. The van der Waals surface area contributed by atoms with E-state index in [0.29, 0.717) is 18.6 Å². The molecule has 8 heteroatoms. The molecule has 2 aliphatic rings. The van der Waals surface area contributed by atoms with E-state index in [1.165, 1.54) is 58.3 Å². The minimum Gasteiger partial charge on any atom is -0.314 e. The van der Waals surface area contributed by atoms with E-state index in [2.05, 4.69) is 38.5 Å². The van der Waals surface area contributed by atoms with Gasteiger partial charge in [-0.05, 0) is 71.9 Å². The van der Waals surface area contributed by atoms with Crippen molar-refractivity contribution in [2.75, 3.05) is 11.4 Å². The molecule has 6 nitrogen and oxygen atoms in total. The second kappa shape index (κ2) is 11.0. The summed E-state index contributed by atoms with van der Waals surface area (Å²) in [5.74, 6) is 0. The Morgan fingerprint density at radius 3 is 2.42 bits per heavy atom. The van der Waals surface area contributed by atoms with Crippen LogP contribution >= 0.6 is 9.24 Å². The summed E-state index contributed by atoms with van der Waals surface area (Å²) in [4.78, 5) is 16.6. The number of rotatable bonds is 3. The second-order valence-corrected chi connectivity index (χ2v) is 9.85. The first kappa shape index (κ1) is 25.0. The molecule has 1 amide bonds. The van der Waals surface area contributed by atoms with Crippen molar-refractivity contribution in [3.8, 4) is 11.3 Å². The molecule has 1 aromatic heterocycles. The average molecular weight is 484 g/mol. The molecule has 2 heterocycles. The maximum atomic E-state index is 11.1. The number of carbonyl (C=O) groups is 1. The van der Waals surface area contributed by atoms with Gasteiger partial charge in [-0.25, -0.2) is 13.6 Å². The fourth-order valence-corrected chi connectivity index (χ4v) is 4.93. The van der Waals surface area contributed by atoms with Crippen molar-refractivity contribution in [1.82, 2.24) is 4.98 Å². The lowest BCUT2D eigenvalue weighted by Gasteiger charge is -2.10. The average Bonchev–Trinajstić information content (AvgIpc) is 3.46. The number of carbonyl (C=O) groups excluding carboxylic acids is 1. The third kappa shape index (κ3) is 5.85. The van der Waals surface area contributed by atoms with Gasteiger partial charge in [0.15, 0.2) is 0 Å². The lowest BCUT2D eigenvalue weighted by Crippen LogP contribution is -2.18. The Bertz CT molecular complexity index is 1250. The Hall–Kier alpha value is -2.60. The topological polar surface area (TPSA) is 93.4 Å². The highest BCUT2D eigenvalue weighted by molar-refractivity contribution is 7.89. The molecule has 0 radical (unpaired) electrons. The number of aromatic nitrogens is 1. The molecule has 1 aliphatic heterocycles. The fraction of sp³-hybridized carbons (Fsp3) is 0.280. The van der Waals surface area contributed by atoms with Crippen molar-refractivity contribution in [3.63, 3.8) is 0 Å². The standard InChI is InChI=1S/C14H14NP.C9H10N2O3S.C2H6/c16-13-5-2-8-15-14(13)12-7-6-10-3-1-4-11(10)9-12;10-15(13,14)8-2-1-7-3-4-11(6-12)9(7)5-8;1-2/h2,5-9H,1,3-4,16H2;1-2,5-6H,3-4H2,(H2,10,13,14);1-2H3. The predicted molar refractivity (Wildman–Crippen MR) is 137 cm³/mol. The van der Waals surface area contributed by atoms with E-state index in [4.69, 9.17) is 5.14 Å². The first-order valence-corrected chi connectivity index (χ1v) is 13.2. The van der Waals surface area contributed by atoms with Crippen LogP contribution in [0.15, 0.2) is 59.6 Å². The molecule has 2 aromatic carbocycles. The van der Waals surface area contributed by atoms with Gasteiger partial charge in [0, 0.05) is 24.0 Å². The van der Waals surface area contributed by atoms with E-state index in [-0.39, 0.29) is 4.90 Å². The summed E-state index contributed by atoms with van der Waals surface area (Å²) in [6.45, 7) is 4.59. The number of anilines is 1. The van der Waals surface area contributed by atoms with Crippen molar-refractivity contribution >= 4 is 36.7 Å². The number of primary sulfonamides is 1. The minimum atomic E-state index is -3.70. The molecule has 1 atom stereocenters. The fourth-order valence-electron chi connectivity index (χ4n) is 4.05. The summed E-state index contributed by atoms with van der Waals surface area (Å²) in [5, 5.41) is 6.17. The van der Waals surface area contributed by atoms with Gasteiger partial charge in [0.05, 0.1) is 10.6 Å². The van der Waals surface area contributed by atoms with Crippen LogP contribution in [0.1, 0.15) is 37.0 Å². The Morgan fingerprint density at radius 2 is 1.73 bits per heavy atom. The molecule has 5 rings (SSSR count). The highest BCUT2D eigenvalue weighted by Crippen LogP contribution is 2.29. The number of nitrogens with zero attached hydrogens (tertiary/aromatic N) is 2. The third-order valence-electron chi connectivity index (χ3n) is 5.65. The minimum absolute atomic E-state index is 0.0370. The molecule has 1 aliphatic carbocycles. The van der Waals surface area contributed by atoms with E-state index in [1.807, 2.05) is 26.1 Å². The van der Waals surface area contributed by atoms with Gasteiger partial charge in [0.1, 0.15) is 0 Å². The van der Waals surface area contributed by atoms with Crippen LogP contribution in [-0.2, 0) is 34.1 Å². The number of benzene rings is 2. The Balaban J connectivity index is 0.000000173. The van der Waals surface area contributed by atoms with Gasteiger partial charge < -0.3 is 4.90 Å². The number of nitrogens with two attached hydrogens (primary N) is 1. The van der Waals surface area contributed by atoms with E-state index in [1.54, 1.807) is 6.07 Å². The van der Waals surface area contributed by atoms with Gasteiger partial charge in [-0.2, -0.15) is 0 Å². The molecular weight excluding hydrogens is 453 g/mol. The first-order valence-electron chi connectivity index (χ1n) is 11.1. The quantitative estimate of drug-likeness (QED) is 0.455. The van der Waals surface area contributed by atoms with Gasteiger partial charge in [0.25, 0.3) is 0 Å². The summed E-state index contributed by atoms with van der Waals surface area (Å²) in [5.41, 5.74) is 6.96. The van der Waals surface area contributed by atoms with Crippen LogP contribution in [0.4, 0.5) is 5.69 Å². The Labute approximate surface area is 198 Å². The van der Waals surface area contributed by atoms with E-state index >= 15 is 0 Å². The molecule has 0 spiro atoms. The number of aryl methyl sites for hydroxylation is 2. The largest absolute Gasteiger partial charge is 0.314 e. The van der Waals surface area contributed by atoms with Gasteiger partial charge in [-0.1, -0.05) is 38.1 Å². The molecule has 0 saturated carbocycles. The molecule has 2 N–H and O–H groups in total. The number of sulfonamides is 1. The van der Waals surface area contributed by atoms with Crippen LogP contribution in [0.5, 0.6) is 0 Å². The molecule has 33 heavy (non-hydrogen) atoms. The van der Waals surface area contributed by atoms with Crippen LogP contribution in [0.25, 0.3) is 11.3 Å². The summed E-state index contributed by atoms with van der Waals surface area (Å²) < 4.78 is 22.2. The van der Waals surface area contributed by atoms with E-state index < -0.39 is 10.0 Å². The van der Waals surface area contributed by atoms with Crippen LogP contribution in [-0.4, -0.2) is 26.4 Å². The number of pyridine rings is 1. The van der Waals surface area contributed by atoms with Crippen molar-refractivity contribution < 1.29 is 13.2 Å². The smallest absolute Gasteiger partial charge is 0.238 e. The van der Waals surface area contributed by atoms with Crippen molar-refractivity contribution in [3.05, 3.63) is 71.4 Å². The molecule has 0 saturated heterocycles. The van der Waals surface area contributed by atoms with Gasteiger partial charge in [-0.15, -0.1) is 9.24 Å². The Morgan fingerprint density at radius 1 is 1.00 bits per heavy atom. The van der Waals surface area contributed by atoms with Gasteiger partial charge >= 0.3 is 0 Å². The normalized spacial score (nSPS) is 13.8. The zero-order valence-electron chi connectivity index (χ0n) is 19.0. The summed E-state index contributed by atoms with van der Waals surface area (Å²) in [6.07, 6.45) is 7.07. The van der Waals surface area contributed by atoms with Crippen molar-refractivity contribution in [1.29, 1.82) is 0 Å². The van der Waals surface area contributed by atoms with Crippen LogP contribution in [0.2, 0.25) is 0 Å². The maximum absolute atomic E-state index is 11.1. The number of fused-ring (bicyclic) bond motifs is 2. The zero-order chi connectivity index (χ0) is 24.0. The number of hydrogen-bond donors (Lipinski definition) is 1. The van der Waals surface area contributed by atoms with Gasteiger partial charge in [-0.3, -0.25) is 9.78 Å². The summed E-state index contributed by atoms with van der Waals surface area (Å²) in [7, 11) is -0.942. The van der Waals surface area contributed by atoms with Crippen molar-refractivity contribution in [2.24, 2.45) is 5.14 Å². The van der Waals surface area contributed by atoms with Crippen LogP contribution < -0.4 is 15.3 Å². The third-order valence-corrected chi connectivity index (χ3v) is 7.03. The maximum Gasteiger partial charge on any atom is 0.238 e. The molecule has 1 unspecified atom stereocenters. The monoisotopic (exact) mass is 483 g/mol. The van der Waals surface area contributed by atoms with Gasteiger partial charge in [0.2, 0.25) is 16.4 Å². The van der Waals surface area contributed by atoms with Crippen molar-refractivity contribution in [2.45, 2.75) is 44.4 Å². The predicted octanol–water partition coefficient (Wildman–Crippen LogP) is 3.62. The van der Waals surface area contributed by atoms with E-state index in [9.17, 15) is 13.2 Å². The molecule has 174 valence electrons. The lowest BCUT2D eigenvalue weighted by molar-refractivity contribution is -0.107. The summed E-state index contributed by atoms with van der Waals surface area (Å²) in [6, 6.07) is 15.4. The molecule has 0 fully saturated rings. The highest BCUT2D eigenvalue weighted by Gasteiger charge is 2.20. The zero-order valence-corrected chi connectivity index (χ0v) is 21.0. The molecule has 0 bridgehead atoms. The SMILES string of the molecule is CC.NS(=O)(=O)c1ccc2c(c1)N(C=O)CC2.Pc1cccnc1-c1ccc2c(c1)CCC2. The number of hydrogen-bond acceptors (Lipinski definition) is 4. The second-order valence-electron chi connectivity index (χ2n) is 7.66. The van der Waals surface area contributed by atoms with E-state index in [0.717, 1.165) is 17.7 Å². The molecule has 3 aromatic rings. The molecular formula is C25H30N3O3PS. The Kier molecular flexibility index (Phi) is 8.35. The van der Waals surface area contributed by atoms with Crippen LogP contribution in [0.3, 0.4) is 0 Å². The van der Waals surface area contributed by atoms with Crippen LogP contribution in [0, 0.1) is 0 Å². The lowest BCUT2D eigenvalue weighted by atomic mass is 10.0. The first-order chi connectivity index (χ1) is 15.9. The highest BCUT2D eigenvalue weighted by atomic mass is 32.2.